The van der Waals surface area contributed by atoms with Crippen molar-refractivity contribution in [1.29, 1.82) is 0 Å². The summed E-state index contributed by atoms with van der Waals surface area (Å²) in [6.07, 6.45) is 2.84. The maximum absolute atomic E-state index is 12.6. The zero-order chi connectivity index (χ0) is 20.0. The fourth-order valence-electron chi connectivity index (χ4n) is 2.99. The van der Waals surface area contributed by atoms with E-state index in [-0.39, 0.29) is 22.9 Å². The van der Waals surface area contributed by atoms with E-state index in [9.17, 15) is 16.8 Å². The third-order valence-corrected chi connectivity index (χ3v) is 7.88. The van der Waals surface area contributed by atoms with Crippen molar-refractivity contribution >= 4 is 20.0 Å². The van der Waals surface area contributed by atoms with Crippen molar-refractivity contribution in [3.63, 3.8) is 0 Å². The molecular formula is C19H24N2O5S2. The summed E-state index contributed by atoms with van der Waals surface area (Å²) in [5.74, 6) is 0.483. The molecule has 1 aliphatic heterocycles. The van der Waals surface area contributed by atoms with Gasteiger partial charge in [-0.1, -0.05) is 24.6 Å². The second-order valence-electron chi connectivity index (χ2n) is 6.50. The second-order valence-corrected chi connectivity index (χ2v) is 10.2. The summed E-state index contributed by atoms with van der Waals surface area (Å²) in [6, 6.07) is 14.3. The third kappa shape index (κ3) is 5.11. The van der Waals surface area contributed by atoms with Crippen LogP contribution >= 0.6 is 0 Å². The molecule has 1 heterocycles. The van der Waals surface area contributed by atoms with Crippen LogP contribution in [0.15, 0.2) is 64.4 Å². The van der Waals surface area contributed by atoms with Crippen molar-refractivity contribution in [2.75, 3.05) is 26.2 Å². The van der Waals surface area contributed by atoms with Gasteiger partial charge in [0, 0.05) is 19.6 Å². The summed E-state index contributed by atoms with van der Waals surface area (Å²) in [5, 5.41) is 0. The summed E-state index contributed by atoms with van der Waals surface area (Å²) in [7, 11) is -7.04. The van der Waals surface area contributed by atoms with E-state index in [0.717, 1.165) is 19.3 Å². The van der Waals surface area contributed by atoms with Crippen LogP contribution in [0.25, 0.3) is 0 Å². The molecule has 1 N–H and O–H groups in total. The number of hydrogen-bond acceptors (Lipinski definition) is 5. The van der Waals surface area contributed by atoms with Crippen LogP contribution in [0.2, 0.25) is 0 Å². The van der Waals surface area contributed by atoms with Crippen molar-refractivity contribution < 1.29 is 21.6 Å². The Morgan fingerprint density at radius 1 is 0.821 bits per heavy atom. The molecule has 3 rings (SSSR count). The predicted octanol–water partition coefficient (Wildman–Crippen LogP) is 2.22. The number of nitrogens with one attached hydrogen (secondary N) is 1. The molecule has 28 heavy (non-hydrogen) atoms. The van der Waals surface area contributed by atoms with Crippen molar-refractivity contribution in [3.05, 3.63) is 54.6 Å². The lowest BCUT2D eigenvalue weighted by atomic mass is 10.2. The van der Waals surface area contributed by atoms with E-state index in [1.54, 1.807) is 30.3 Å². The molecule has 0 amide bonds. The molecule has 0 saturated carbocycles. The minimum Gasteiger partial charge on any atom is -0.492 e. The Morgan fingerprint density at radius 3 is 2.11 bits per heavy atom. The summed E-state index contributed by atoms with van der Waals surface area (Å²) in [6.45, 7) is 1.35. The normalized spacial score (nSPS) is 16.0. The van der Waals surface area contributed by atoms with Crippen LogP contribution in [0.1, 0.15) is 19.3 Å². The highest BCUT2D eigenvalue weighted by Crippen LogP contribution is 2.22. The Hall–Kier alpha value is -1.94. The quantitative estimate of drug-likeness (QED) is 0.656. The first-order valence-electron chi connectivity index (χ1n) is 9.17. The average molecular weight is 425 g/mol. The SMILES string of the molecule is O=S(=O)(NCCOc1ccc(S(=O)(=O)N2CCCCC2)cc1)c1ccccc1. The Morgan fingerprint density at radius 2 is 1.46 bits per heavy atom. The first-order chi connectivity index (χ1) is 13.4. The highest BCUT2D eigenvalue weighted by molar-refractivity contribution is 7.89. The van der Waals surface area contributed by atoms with E-state index in [1.165, 1.54) is 28.6 Å². The number of hydrogen-bond donors (Lipinski definition) is 1. The molecule has 0 spiro atoms. The van der Waals surface area contributed by atoms with Gasteiger partial charge in [0.1, 0.15) is 12.4 Å². The van der Waals surface area contributed by atoms with E-state index < -0.39 is 20.0 Å². The molecule has 1 aliphatic rings. The lowest BCUT2D eigenvalue weighted by Gasteiger charge is -2.25. The smallest absolute Gasteiger partial charge is 0.243 e. The van der Waals surface area contributed by atoms with E-state index in [2.05, 4.69) is 4.72 Å². The lowest BCUT2D eigenvalue weighted by Crippen LogP contribution is -2.35. The van der Waals surface area contributed by atoms with Gasteiger partial charge in [-0.2, -0.15) is 4.31 Å². The predicted molar refractivity (Wildman–Crippen MR) is 106 cm³/mol. The second kappa shape index (κ2) is 9.04. The van der Waals surface area contributed by atoms with E-state index >= 15 is 0 Å². The van der Waals surface area contributed by atoms with Crippen LogP contribution in [0, 0.1) is 0 Å². The zero-order valence-corrected chi connectivity index (χ0v) is 17.1. The summed E-state index contributed by atoms with van der Waals surface area (Å²) < 4.78 is 58.9. The highest BCUT2D eigenvalue weighted by atomic mass is 32.2. The summed E-state index contributed by atoms with van der Waals surface area (Å²) in [4.78, 5) is 0.439. The van der Waals surface area contributed by atoms with Crippen molar-refractivity contribution in [2.45, 2.75) is 29.1 Å². The molecule has 0 unspecified atom stereocenters. The van der Waals surface area contributed by atoms with Crippen molar-refractivity contribution in [3.8, 4) is 5.75 Å². The maximum atomic E-state index is 12.6. The van der Waals surface area contributed by atoms with Crippen LogP contribution in [0.5, 0.6) is 5.75 Å². The molecule has 0 radical (unpaired) electrons. The molecule has 9 heteroatoms. The third-order valence-electron chi connectivity index (χ3n) is 4.49. The highest BCUT2D eigenvalue weighted by Gasteiger charge is 2.25. The van der Waals surface area contributed by atoms with Crippen LogP contribution in [0.4, 0.5) is 0 Å². The number of rotatable bonds is 8. The minimum absolute atomic E-state index is 0.102. The molecule has 0 bridgehead atoms. The van der Waals surface area contributed by atoms with Crippen LogP contribution in [0.3, 0.4) is 0 Å². The van der Waals surface area contributed by atoms with Gasteiger partial charge >= 0.3 is 0 Å². The summed E-state index contributed by atoms with van der Waals surface area (Å²) >= 11 is 0. The first-order valence-corrected chi connectivity index (χ1v) is 12.1. The fraction of sp³-hybridized carbons (Fsp3) is 0.368. The zero-order valence-electron chi connectivity index (χ0n) is 15.5. The van der Waals surface area contributed by atoms with Gasteiger partial charge in [-0.3, -0.25) is 0 Å². The van der Waals surface area contributed by atoms with E-state index in [0.29, 0.717) is 18.8 Å². The molecule has 0 atom stereocenters. The fourth-order valence-corrected chi connectivity index (χ4v) is 5.54. The number of ether oxygens (including phenoxy) is 1. The standard InChI is InChI=1S/C19H24N2O5S2/c22-27(23,18-7-3-1-4-8-18)20-13-16-26-17-9-11-19(12-10-17)28(24,25)21-14-5-2-6-15-21/h1,3-4,7-12,20H,2,5-6,13-16H2. The number of sulfonamides is 2. The Balaban J connectivity index is 1.52. The number of nitrogens with zero attached hydrogens (tertiary/aromatic N) is 1. The largest absolute Gasteiger partial charge is 0.492 e. The van der Waals surface area contributed by atoms with Crippen LogP contribution in [-0.4, -0.2) is 47.4 Å². The van der Waals surface area contributed by atoms with Gasteiger partial charge in [0.05, 0.1) is 9.79 Å². The number of benzene rings is 2. The summed E-state index contributed by atoms with van der Waals surface area (Å²) in [5.41, 5.74) is 0. The molecule has 2 aromatic carbocycles. The molecule has 1 saturated heterocycles. The Labute approximate surface area is 166 Å². The van der Waals surface area contributed by atoms with E-state index in [1.807, 2.05) is 0 Å². The minimum atomic E-state index is -3.57. The Bertz CT molecular complexity index is 969. The monoisotopic (exact) mass is 424 g/mol. The molecule has 0 aromatic heterocycles. The molecule has 2 aromatic rings. The van der Waals surface area contributed by atoms with Gasteiger partial charge in [-0.15, -0.1) is 0 Å². The van der Waals surface area contributed by atoms with E-state index in [4.69, 9.17) is 4.74 Å². The van der Waals surface area contributed by atoms with Crippen molar-refractivity contribution in [1.82, 2.24) is 9.03 Å². The van der Waals surface area contributed by atoms with Gasteiger partial charge in [-0.25, -0.2) is 21.6 Å². The molecule has 1 fully saturated rings. The van der Waals surface area contributed by atoms with Crippen LogP contribution < -0.4 is 9.46 Å². The first kappa shape index (κ1) is 20.8. The van der Waals surface area contributed by atoms with Crippen LogP contribution in [-0.2, 0) is 20.0 Å². The van der Waals surface area contributed by atoms with Crippen molar-refractivity contribution in [2.24, 2.45) is 0 Å². The molecule has 0 aliphatic carbocycles. The molecule has 152 valence electrons. The number of piperidine rings is 1. The topological polar surface area (TPSA) is 92.8 Å². The van der Waals surface area contributed by atoms with Gasteiger partial charge in [0.25, 0.3) is 0 Å². The Kier molecular flexibility index (Phi) is 6.71. The average Bonchev–Trinajstić information content (AvgIpc) is 2.73. The molecular weight excluding hydrogens is 400 g/mol. The van der Waals surface area contributed by atoms with Gasteiger partial charge in [0.2, 0.25) is 20.0 Å². The maximum Gasteiger partial charge on any atom is 0.243 e. The molecule has 7 nitrogen and oxygen atoms in total. The van der Waals surface area contributed by atoms with Gasteiger partial charge in [-0.05, 0) is 49.2 Å². The van der Waals surface area contributed by atoms with Gasteiger partial charge < -0.3 is 4.74 Å². The van der Waals surface area contributed by atoms with Gasteiger partial charge in [0.15, 0.2) is 0 Å². The lowest BCUT2D eigenvalue weighted by molar-refractivity contribution is 0.322.